The molecular formula is C23H33N5O2. The van der Waals surface area contributed by atoms with Gasteiger partial charge < -0.3 is 20.3 Å². The van der Waals surface area contributed by atoms with Crippen molar-refractivity contribution in [2.75, 3.05) is 30.9 Å². The number of benzene rings is 1. The molecule has 1 amide bonds. The summed E-state index contributed by atoms with van der Waals surface area (Å²) in [5.41, 5.74) is 0. The minimum Gasteiger partial charge on any atom is -0.481 e. The van der Waals surface area contributed by atoms with Crippen LogP contribution in [0.1, 0.15) is 39.0 Å². The lowest BCUT2D eigenvalue weighted by molar-refractivity contribution is -0.128. The zero-order valence-corrected chi connectivity index (χ0v) is 18.2. The van der Waals surface area contributed by atoms with E-state index in [1.165, 1.54) is 0 Å². The Labute approximate surface area is 179 Å². The molecule has 1 aliphatic rings. The largest absolute Gasteiger partial charge is 0.481 e. The van der Waals surface area contributed by atoms with Gasteiger partial charge >= 0.3 is 0 Å². The van der Waals surface area contributed by atoms with E-state index in [9.17, 15) is 4.79 Å². The van der Waals surface area contributed by atoms with E-state index in [4.69, 9.17) is 4.74 Å². The molecule has 0 radical (unpaired) electrons. The van der Waals surface area contributed by atoms with Crippen LogP contribution in [0, 0.1) is 5.92 Å². The minimum absolute atomic E-state index is 0.0319. The molecule has 0 spiro atoms. The van der Waals surface area contributed by atoms with E-state index in [1.54, 1.807) is 6.20 Å². The standard InChI is InChI=1S/C23H33N5O2/c1-4-20(30-19-8-6-5-7-9-19)22(29)25-16-17-10-12-18(13-11-17)26-23-24-15-14-21(27-23)28(2)3/h5-9,14-15,17-18,20H,4,10-13,16H2,1-3H3,(H,25,29)(H,24,26,27)/t17-,18+,20?. The summed E-state index contributed by atoms with van der Waals surface area (Å²) >= 11 is 0. The fourth-order valence-corrected chi connectivity index (χ4v) is 3.71. The van der Waals surface area contributed by atoms with Crippen molar-refractivity contribution in [3.63, 3.8) is 0 Å². The van der Waals surface area contributed by atoms with E-state index in [-0.39, 0.29) is 5.91 Å². The number of nitrogens with zero attached hydrogens (tertiary/aromatic N) is 3. The maximum atomic E-state index is 12.5. The highest BCUT2D eigenvalue weighted by Crippen LogP contribution is 2.26. The van der Waals surface area contributed by atoms with Crippen LogP contribution >= 0.6 is 0 Å². The molecule has 1 heterocycles. The summed E-state index contributed by atoms with van der Waals surface area (Å²) in [6.07, 6.45) is 6.22. The highest BCUT2D eigenvalue weighted by atomic mass is 16.5. The summed E-state index contributed by atoms with van der Waals surface area (Å²) < 4.78 is 5.84. The highest BCUT2D eigenvalue weighted by molar-refractivity contribution is 5.81. The summed E-state index contributed by atoms with van der Waals surface area (Å²) in [4.78, 5) is 23.4. The van der Waals surface area contributed by atoms with Gasteiger partial charge in [0.15, 0.2) is 6.10 Å². The van der Waals surface area contributed by atoms with Crippen molar-refractivity contribution in [1.29, 1.82) is 0 Å². The van der Waals surface area contributed by atoms with Gasteiger partial charge in [-0.2, -0.15) is 4.98 Å². The van der Waals surface area contributed by atoms with Gasteiger partial charge in [-0.25, -0.2) is 4.98 Å². The van der Waals surface area contributed by atoms with Crippen molar-refractivity contribution in [1.82, 2.24) is 15.3 Å². The third kappa shape index (κ3) is 6.34. The molecule has 2 N–H and O–H groups in total. The van der Waals surface area contributed by atoms with Crippen LogP contribution < -0.4 is 20.3 Å². The van der Waals surface area contributed by atoms with Gasteiger partial charge in [0, 0.05) is 32.9 Å². The van der Waals surface area contributed by atoms with Gasteiger partial charge in [0.2, 0.25) is 5.95 Å². The summed E-state index contributed by atoms with van der Waals surface area (Å²) in [7, 11) is 3.94. The third-order valence-electron chi connectivity index (χ3n) is 5.53. The predicted octanol–water partition coefficient (Wildman–Crippen LogP) is 3.49. The van der Waals surface area contributed by atoms with Gasteiger partial charge in [0.1, 0.15) is 11.6 Å². The Hall–Kier alpha value is -2.83. The molecule has 1 fully saturated rings. The second kappa shape index (κ2) is 10.8. The Bertz CT molecular complexity index is 791. The molecule has 1 atom stereocenters. The summed E-state index contributed by atoms with van der Waals surface area (Å²) in [5.74, 6) is 2.77. The quantitative estimate of drug-likeness (QED) is 0.658. The number of ether oxygens (including phenoxy) is 1. The normalized spacial score (nSPS) is 19.6. The van der Waals surface area contributed by atoms with Gasteiger partial charge in [-0.1, -0.05) is 25.1 Å². The zero-order chi connectivity index (χ0) is 21.3. The van der Waals surface area contributed by atoms with Gasteiger partial charge in [0.25, 0.3) is 5.91 Å². The van der Waals surface area contributed by atoms with Crippen LogP contribution in [0.2, 0.25) is 0 Å². The number of hydrogen-bond donors (Lipinski definition) is 2. The fraction of sp³-hybridized carbons (Fsp3) is 0.522. The number of hydrogen-bond acceptors (Lipinski definition) is 6. The van der Waals surface area contributed by atoms with Crippen molar-refractivity contribution in [2.24, 2.45) is 5.92 Å². The predicted molar refractivity (Wildman–Crippen MR) is 120 cm³/mol. The summed E-state index contributed by atoms with van der Waals surface area (Å²) in [6, 6.07) is 11.8. The van der Waals surface area contributed by atoms with Crippen molar-refractivity contribution in [3.8, 4) is 5.75 Å². The van der Waals surface area contributed by atoms with Crippen LogP contribution in [0.5, 0.6) is 5.75 Å². The molecule has 30 heavy (non-hydrogen) atoms. The molecule has 1 unspecified atom stereocenters. The first-order valence-electron chi connectivity index (χ1n) is 10.8. The van der Waals surface area contributed by atoms with Gasteiger partial charge in [-0.15, -0.1) is 0 Å². The fourth-order valence-electron chi connectivity index (χ4n) is 3.71. The molecule has 1 aromatic heterocycles. The van der Waals surface area contributed by atoms with Crippen LogP contribution in [0.4, 0.5) is 11.8 Å². The molecule has 0 saturated heterocycles. The number of anilines is 2. The number of para-hydroxylation sites is 1. The molecule has 2 aromatic rings. The summed E-state index contributed by atoms with van der Waals surface area (Å²) in [6.45, 7) is 2.67. The first-order valence-corrected chi connectivity index (χ1v) is 10.8. The molecule has 7 heteroatoms. The Balaban J connectivity index is 1.41. The molecule has 3 rings (SSSR count). The Morgan fingerprint density at radius 3 is 2.57 bits per heavy atom. The lowest BCUT2D eigenvalue weighted by Crippen LogP contribution is -2.41. The van der Waals surface area contributed by atoms with E-state index < -0.39 is 6.10 Å². The maximum Gasteiger partial charge on any atom is 0.261 e. The molecule has 0 aliphatic heterocycles. The maximum absolute atomic E-state index is 12.5. The molecule has 0 bridgehead atoms. The molecule has 7 nitrogen and oxygen atoms in total. The second-order valence-corrected chi connectivity index (χ2v) is 8.07. The average Bonchev–Trinajstić information content (AvgIpc) is 2.77. The van der Waals surface area contributed by atoms with Crippen LogP contribution in [-0.2, 0) is 4.79 Å². The average molecular weight is 412 g/mol. The molecule has 1 aliphatic carbocycles. The van der Waals surface area contributed by atoms with Crippen molar-refractivity contribution >= 4 is 17.7 Å². The van der Waals surface area contributed by atoms with Crippen LogP contribution in [-0.4, -0.2) is 48.7 Å². The number of rotatable bonds is 9. The number of carbonyl (C=O) groups excluding carboxylic acids is 1. The van der Waals surface area contributed by atoms with E-state index in [1.807, 2.05) is 62.3 Å². The first kappa shape index (κ1) is 21.9. The lowest BCUT2D eigenvalue weighted by Gasteiger charge is -2.29. The lowest BCUT2D eigenvalue weighted by atomic mass is 9.86. The molecular weight excluding hydrogens is 378 g/mol. The molecule has 1 saturated carbocycles. The third-order valence-corrected chi connectivity index (χ3v) is 5.53. The number of aromatic nitrogens is 2. The SMILES string of the molecule is CCC(Oc1ccccc1)C(=O)NC[C@H]1CC[C@@H](Nc2nccc(N(C)C)n2)CC1. The van der Waals surface area contributed by atoms with Crippen molar-refractivity contribution < 1.29 is 9.53 Å². The molecule has 1 aromatic carbocycles. The van der Waals surface area contributed by atoms with Crippen LogP contribution in [0.25, 0.3) is 0 Å². The van der Waals surface area contributed by atoms with Crippen LogP contribution in [0.3, 0.4) is 0 Å². The Morgan fingerprint density at radius 1 is 1.17 bits per heavy atom. The highest BCUT2D eigenvalue weighted by Gasteiger charge is 2.24. The van der Waals surface area contributed by atoms with E-state index in [0.717, 1.165) is 37.3 Å². The number of carbonyl (C=O) groups is 1. The number of nitrogens with one attached hydrogen (secondary N) is 2. The van der Waals surface area contributed by atoms with Crippen molar-refractivity contribution in [2.45, 2.75) is 51.2 Å². The van der Waals surface area contributed by atoms with Crippen molar-refractivity contribution in [3.05, 3.63) is 42.6 Å². The first-order chi connectivity index (χ1) is 14.5. The topological polar surface area (TPSA) is 79.4 Å². The van der Waals surface area contributed by atoms with E-state index >= 15 is 0 Å². The van der Waals surface area contributed by atoms with E-state index in [0.29, 0.717) is 30.9 Å². The summed E-state index contributed by atoms with van der Waals surface area (Å²) in [5, 5.41) is 6.55. The minimum atomic E-state index is -0.452. The van der Waals surface area contributed by atoms with Gasteiger partial charge in [0.05, 0.1) is 0 Å². The number of amides is 1. The van der Waals surface area contributed by atoms with Crippen LogP contribution in [0.15, 0.2) is 42.6 Å². The van der Waals surface area contributed by atoms with Gasteiger partial charge in [-0.05, 0) is 56.2 Å². The Kier molecular flexibility index (Phi) is 7.88. The molecule has 162 valence electrons. The second-order valence-electron chi connectivity index (χ2n) is 8.07. The van der Waals surface area contributed by atoms with Gasteiger partial charge in [-0.3, -0.25) is 4.79 Å². The monoisotopic (exact) mass is 411 g/mol. The smallest absolute Gasteiger partial charge is 0.261 e. The zero-order valence-electron chi connectivity index (χ0n) is 18.2. The van der Waals surface area contributed by atoms with E-state index in [2.05, 4.69) is 20.6 Å². The Morgan fingerprint density at radius 2 is 1.90 bits per heavy atom.